The fourth-order valence-electron chi connectivity index (χ4n) is 2.20. The molecule has 0 radical (unpaired) electrons. The van der Waals surface area contributed by atoms with Gasteiger partial charge in [0.15, 0.2) is 0 Å². The first-order chi connectivity index (χ1) is 9.45. The average Bonchev–Trinajstić information content (AvgIpc) is 2.71. The SMILES string of the molecule is CCNC(c1cc(C)c(F)cc1F)c1c(Br)cnn1C. The molecule has 2 aromatic rings. The Kier molecular flexibility index (Phi) is 4.55. The van der Waals surface area contributed by atoms with Gasteiger partial charge in [0.25, 0.3) is 0 Å². The minimum atomic E-state index is -0.563. The van der Waals surface area contributed by atoms with Crippen molar-refractivity contribution in [2.75, 3.05) is 6.54 Å². The van der Waals surface area contributed by atoms with Crippen LogP contribution in [0.1, 0.15) is 29.8 Å². The number of halogens is 3. The van der Waals surface area contributed by atoms with Crippen LogP contribution in [0.15, 0.2) is 22.8 Å². The van der Waals surface area contributed by atoms with Gasteiger partial charge in [-0.15, -0.1) is 0 Å². The third-order valence-corrected chi connectivity index (χ3v) is 3.82. The van der Waals surface area contributed by atoms with Crippen LogP contribution in [0.4, 0.5) is 8.78 Å². The van der Waals surface area contributed by atoms with Gasteiger partial charge in [-0.25, -0.2) is 8.78 Å². The number of nitrogens with zero attached hydrogens (tertiary/aromatic N) is 2. The Labute approximate surface area is 125 Å². The zero-order valence-corrected chi connectivity index (χ0v) is 13.1. The Hall–Kier alpha value is -1.27. The molecule has 2 rings (SSSR count). The van der Waals surface area contributed by atoms with E-state index in [2.05, 4.69) is 26.3 Å². The van der Waals surface area contributed by atoms with Crippen molar-refractivity contribution in [3.05, 3.63) is 51.3 Å². The van der Waals surface area contributed by atoms with Crippen LogP contribution < -0.4 is 5.32 Å². The van der Waals surface area contributed by atoms with Crippen LogP contribution >= 0.6 is 15.9 Å². The minimum Gasteiger partial charge on any atom is -0.305 e. The van der Waals surface area contributed by atoms with Gasteiger partial charge in [-0.05, 0) is 41.0 Å². The Bertz CT molecular complexity index is 606. The van der Waals surface area contributed by atoms with Crippen molar-refractivity contribution in [1.82, 2.24) is 15.1 Å². The van der Waals surface area contributed by atoms with Crippen LogP contribution in [0.2, 0.25) is 0 Å². The van der Waals surface area contributed by atoms with Gasteiger partial charge >= 0.3 is 0 Å². The molecule has 1 heterocycles. The molecule has 0 aliphatic heterocycles. The van der Waals surface area contributed by atoms with E-state index < -0.39 is 11.6 Å². The zero-order chi connectivity index (χ0) is 14.9. The van der Waals surface area contributed by atoms with Crippen LogP contribution in [-0.2, 0) is 7.05 Å². The lowest BCUT2D eigenvalue weighted by molar-refractivity contribution is 0.518. The molecule has 0 aliphatic rings. The number of nitrogens with one attached hydrogen (secondary N) is 1. The Morgan fingerprint density at radius 2 is 2.05 bits per heavy atom. The second-order valence-corrected chi connectivity index (χ2v) is 5.47. The maximum absolute atomic E-state index is 14.1. The normalized spacial score (nSPS) is 12.7. The van der Waals surface area contributed by atoms with Gasteiger partial charge in [0.05, 0.1) is 22.4 Å². The van der Waals surface area contributed by atoms with Gasteiger partial charge in [-0.2, -0.15) is 5.10 Å². The van der Waals surface area contributed by atoms with E-state index in [1.54, 1.807) is 24.9 Å². The summed E-state index contributed by atoms with van der Waals surface area (Å²) in [5.41, 5.74) is 1.63. The number of aromatic nitrogens is 2. The number of aryl methyl sites for hydroxylation is 2. The standard InChI is InChI=1S/C14H16BrF2N3/c1-4-18-13(14-10(15)7-19-20(14)3)9-5-8(2)11(16)6-12(9)17/h5-7,13,18H,4H2,1-3H3. The quantitative estimate of drug-likeness (QED) is 0.921. The summed E-state index contributed by atoms with van der Waals surface area (Å²) in [5.74, 6) is -1.10. The number of benzene rings is 1. The molecule has 20 heavy (non-hydrogen) atoms. The summed E-state index contributed by atoms with van der Waals surface area (Å²) < 4.78 is 30.0. The van der Waals surface area contributed by atoms with Crippen LogP contribution in [0.25, 0.3) is 0 Å². The molecule has 1 atom stereocenters. The second-order valence-electron chi connectivity index (χ2n) is 4.61. The van der Waals surface area contributed by atoms with E-state index in [1.807, 2.05) is 6.92 Å². The van der Waals surface area contributed by atoms with Gasteiger partial charge in [-0.3, -0.25) is 4.68 Å². The van der Waals surface area contributed by atoms with Crippen molar-refractivity contribution in [3.63, 3.8) is 0 Å². The monoisotopic (exact) mass is 343 g/mol. The number of rotatable bonds is 4. The van der Waals surface area contributed by atoms with Crippen molar-refractivity contribution >= 4 is 15.9 Å². The lowest BCUT2D eigenvalue weighted by Gasteiger charge is -2.20. The summed E-state index contributed by atoms with van der Waals surface area (Å²) in [7, 11) is 1.79. The fraction of sp³-hybridized carbons (Fsp3) is 0.357. The maximum Gasteiger partial charge on any atom is 0.131 e. The smallest absolute Gasteiger partial charge is 0.131 e. The first-order valence-electron chi connectivity index (χ1n) is 6.32. The van der Waals surface area contributed by atoms with E-state index in [4.69, 9.17) is 0 Å². The third kappa shape index (κ3) is 2.76. The molecule has 3 nitrogen and oxygen atoms in total. The van der Waals surface area contributed by atoms with Crippen LogP contribution in [0, 0.1) is 18.6 Å². The molecule has 0 amide bonds. The van der Waals surface area contributed by atoms with Gasteiger partial charge in [0, 0.05) is 18.7 Å². The molecule has 0 bridgehead atoms. The molecule has 108 valence electrons. The Balaban J connectivity index is 2.57. The molecule has 0 fully saturated rings. The summed E-state index contributed by atoms with van der Waals surface area (Å²) >= 11 is 3.42. The zero-order valence-electron chi connectivity index (χ0n) is 11.5. The van der Waals surface area contributed by atoms with Crippen LogP contribution in [0.5, 0.6) is 0 Å². The molecular weight excluding hydrogens is 328 g/mol. The summed E-state index contributed by atoms with van der Waals surface area (Å²) in [5, 5.41) is 7.36. The molecular formula is C14H16BrF2N3. The summed E-state index contributed by atoms with van der Waals surface area (Å²) in [6, 6.07) is 2.08. The Morgan fingerprint density at radius 1 is 1.35 bits per heavy atom. The van der Waals surface area contributed by atoms with Gasteiger partial charge < -0.3 is 5.32 Å². The van der Waals surface area contributed by atoms with Crippen molar-refractivity contribution in [1.29, 1.82) is 0 Å². The summed E-state index contributed by atoms with van der Waals surface area (Å²) in [6.45, 7) is 4.21. The molecule has 1 aromatic carbocycles. The maximum atomic E-state index is 14.1. The lowest BCUT2D eigenvalue weighted by atomic mass is 10.0. The highest BCUT2D eigenvalue weighted by Crippen LogP contribution is 2.30. The predicted octanol–water partition coefficient (Wildman–Crippen LogP) is 3.47. The third-order valence-electron chi connectivity index (χ3n) is 3.21. The van der Waals surface area contributed by atoms with E-state index in [0.29, 0.717) is 17.7 Å². The molecule has 0 saturated heterocycles. The minimum absolute atomic E-state index is 0.388. The topological polar surface area (TPSA) is 29.9 Å². The lowest BCUT2D eigenvalue weighted by Crippen LogP contribution is -2.25. The van der Waals surface area contributed by atoms with Crippen molar-refractivity contribution < 1.29 is 8.78 Å². The fourth-order valence-corrected chi connectivity index (χ4v) is 2.78. The van der Waals surface area contributed by atoms with Crippen molar-refractivity contribution in [3.8, 4) is 0 Å². The number of hydrogen-bond acceptors (Lipinski definition) is 2. The van der Waals surface area contributed by atoms with Crippen molar-refractivity contribution in [2.45, 2.75) is 19.9 Å². The van der Waals surface area contributed by atoms with Crippen LogP contribution in [0.3, 0.4) is 0 Å². The van der Waals surface area contributed by atoms with Crippen molar-refractivity contribution in [2.24, 2.45) is 7.05 Å². The molecule has 1 unspecified atom stereocenters. The first kappa shape index (κ1) is 15.1. The van der Waals surface area contributed by atoms with Gasteiger partial charge in [0.2, 0.25) is 0 Å². The number of hydrogen-bond donors (Lipinski definition) is 1. The highest BCUT2D eigenvalue weighted by atomic mass is 79.9. The molecule has 0 aliphatic carbocycles. The molecule has 0 saturated carbocycles. The molecule has 6 heteroatoms. The van der Waals surface area contributed by atoms with Crippen LogP contribution in [-0.4, -0.2) is 16.3 Å². The van der Waals surface area contributed by atoms with E-state index in [1.165, 1.54) is 6.07 Å². The highest BCUT2D eigenvalue weighted by molar-refractivity contribution is 9.10. The van der Waals surface area contributed by atoms with Gasteiger partial charge in [-0.1, -0.05) is 6.92 Å². The summed E-state index contributed by atoms with van der Waals surface area (Å²) in [4.78, 5) is 0. The molecule has 1 N–H and O–H groups in total. The van der Waals surface area contributed by atoms with E-state index >= 15 is 0 Å². The van der Waals surface area contributed by atoms with E-state index in [0.717, 1.165) is 16.2 Å². The molecule has 0 spiro atoms. The largest absolute Gasteiger partial charge is 0.305 e. The van der Waals surface area contributed by atoms with E-state index in [-0.39, 0.29) is 6.04 Å². The molecule has 1 aromatic heterocycles. The van der Waals surface area contributed by atoms with E-state index in [9.17, 15) is 8.78 Å². The highest BCUT2D eigenvalue weighted by Gasteiger charge is 2.23. The Morgan fingerprint density at radius 3 is 2.60 bits per heavy atom. The second kappa shape index (κ2) is 6.01. The first-order valence-corrected chi connectivity index (χ1v) is 7.11. The van der Waals surface area contributed by atoms with Gasteiger partial charge in [0.1, 0.15) is 11.6 Å². The average molecular weight is 344 g/mol. The summed E-state index contributed by atoms with van der Waals surface area (Å²) in [6.07, 6.45) is 1.66. The predicted molar refractivity (Wildman–Crippen MR) is 77.5 cm³/mol.